The molecule has 0 spiro atoms. The van der Waals surface area contributed by atoms with Crippen LogP contribution in [0.5, 0.6) is 0 Å². The molecule has 6 nitrogen and oxygen atoms in total. The molecule has 0 saturated carbocycles. The molecule has 158 valence electrons. The third-order valence-electron chi connectivity index (χ3n) is 7.23. The molecule has 0 radical (unpaired) electrons. The first-order valence-corrected chi connectivity index (χ1v) is 11.1. The summed E-state index contributed by atoms with van der Waals surface area (Å²) in [6, 6.07) is 13.6. The molecule has 4 atom stereocenters. The number of rotatable bonds is 5. The largest absolute Gasteiger partial charge is 0.396 e. The number of aliphatic hydroxyl groups excluding tert-OH is 1. The van der Waals surface area contributed by atoms with Gasteiger partial charge in [0.25, 0.3) is 5.56 Å². The SMILES string of the molecule is CCCN1[C@@H]2Cn3c(cccc3=O)[C@H]1[C@@H](C(=O)NC1Cc3ccccc3C1)[C@@H]2CO. The number of nitrogens with zero attached hydrogens (tertiary/aromatic N) is 2. The van der Waals surface area contributed by atoms with E-state index in [2.05, 4.69) is 29.3 Å². The first-order valence-electron chi connectivity index (χ1n) is 11.1. The molecule has 2 N–H and O–H groups in total. The van der Waals surface area contributed by atoms with Crippen molar-refractivity contribution in [2.75, 3.05) is 13.2 Å². The lowest BCUT2D eigenvalue weighted by atomic mass is 9.86. The average molecular weight is 408 g/mol. The van der Waals surface area contributed by atoms with Crippen molar-refractivity contribution in [2.24, 2.45) is 11.8 Å². The van der Waals surface area contributed by atoms with Crippen molar-refractivity contribution in [1.29, 1.82) is 0 Å². The molecule has 2 aromatic rings. The van der Waals surface area contributed by atoms with Gasteiger partial charge >= 0.3 is 0 Å². The van der Waals surface area contributed by atoms with E-state index in [9.17, 15) is 14.7 Å². The molecule has 1 fully saturated rings. The lowest BCUT2D eigenvalue weighted by Crippen LogP contribution is -2.46. The minimum atomic E-state index is -0.356. The molecule has 1 aromatic carbocycles. The number of carbonyl (C=O) groups excluding carboxylic acids is 1. The zero-order valence-electron chi connectivity index (χ0n) is 17.3. The number of aliphatic hydroxyl groups is 1. The molecule has 0 unspecified atom stereocenters. The minimum Gasteiger partial charge on any atom is -0.396 e. The van der Waals surface area contributed by atoms with E-state index in [-0.39, 0.29) is 48.0 Å². The third kappa shape index (κ3) is 3.01. The summed E-state index contributed by atoms with van der Waals surface area (Å²) < 4.78 is 1.81. The Labute approximate surface area is 176 Å². The topological polar surface area (TPSA) is 74.6 Å². The Morgan fingerprint density at radius 2 is 1.87 bits per heavy atom. The van der Waals surface area contributed by atoms with E-state index >= 15 is 0 Å². The second-order valence-corrected chi connectivity index (χ2v) is 8.90. The van der Waals surface area contributed by atoms with Gasteiger partial charge in [-0.25, -0.2) is 0 Å². The summed E-state index contributed by atoms with van der Waals surface area (Å²) >= 11 is 0. The molecule has 1 aliphatic carbocycles. The number of hydrogen-bond donors (Lipinski definition) is 2. The van der Waals surface area contributed by atoms with Crippen molar-refractivity contribution >= 4 is 5.91 Å². The first-order chi connectivity index (χ1) is 14.6. The highest BCUT2D eigenvalue weighted by atomic mass is 16.3. The highest BCUT2D eigenvalue weighted by Crippen LogP contribution is 2.48. The normalized spacial score (nSPS) is 27.7. The van der Waals surface area contributed by atoms with Gasteiger partial charge in [0.15, 0.2) is 0 Å². The van der Waals surface area contributed by atoms with Gasteiger partial charge in [0.2, 0.25) is 5.91 Å². The van der Waals surface area contributed by atoms with Crippen molar-refractivity contribution in [3.63, 3.8) is 0 Å². The van der Waals surface area contributed by atoms with E-state index in [0.717, 1.165) is 31.5 Å². The lowest BCUT2D eigenvalue weighted by Gasteiger charge is -2.38. The van der Waals surface area contributed by atoms with Crippen LogP contribution in [-0.4, -0.2) is 45.7 Å². The van der Waals surface area contributed by atoms with Crippen molar-refractivity contribution in [3.05, 3.63) is 69.6 Å². The van der Waals surface area contributed by atoms with Gasteiger partial charge < -0.3 is 15.0 Å². The van der Waals surface area contributed by atoms with Gasteiger partial charge in [-0.05, 0) is 43.0 Å². The Bertz CT molecular complexity index is 992. The van der Waals surface area contributed by atoms with Crippen LogP contribution in [-0.2, 0) is 24.2 Å². The third-order valence-corrected chi connectivity index (χ3v) is 7.23. The van der Waals surface area contributed by atoms with E-state index < -0.39 is 0 Å². The van der Waals surface area contributed by atoms with Gasteiger partial charge in [0.1, 0.15) is 0 Å². The monoisotopic (exact) mass is 407 g/mol. The Hall–Kier alpha value is -2.44. The number of amides is 1. The second-order valence-electron chi connectivity index (χ2n) is 8.90. The van der Waals surface area contributed by atoms with E-state index in [1.165, 1.54) is 11.1 Å². The zero-order valence-corrected chi connectivity index (χ0v) is 17.3. The van der Waals surface area contributed by atoms with E-state index in [0.29, 0.717) is 6.54 Å². The average Bonchev–Trinajstić information content (AvgIpc) is 3.23. The Morgan fingerprint density at radius 3 is 2.53 bits per heavy atom. The quantitative estimate of drug-likeness (QED) is 0.788. The first kappa shape index (κ1) is 19.5. The number of aromatic nitrogens is 1. The summed E-state index contributed by atoms with van der Waals surface area (Å²) in [5, 5.41) is 13.6. The van der Waals surface area contributed by atoms with Crippen LogP contribution in [0.1, 0.15) is 36.2 Å². The Morgan fingerprint density at radius 1 is 1.13 bits per heavy atom. The van der Waals surface area contributed by atoms with E-state index in [4.69, 9.17) is 0 Å². The van der Waals surface area contributed by atoms with Crippen LogP contribution in [0.25, 0.3) is 0 Å². The predicted octanol–water partition coefficient (Wildman–Crippen LogP) is 1.51. The molecule has 2 bridgehead atoms. The molecule has 6 heteroatoms. The van der Waals surface area contributed by atoms with Crippen molar-refractivity contribution in [2.45, 2.75) is 50.9 Å². The van der Waals surface area contributed by atoms with Crippen LogP contribution in [0.4, 0.5) is 0 Å². The summed E-state index contributed by atoms with van der Waals surface area (Å²) in [4.78, 5) is 28.4. The Kier molecular flexibility index (Phi) is 4.99. The summed E-state index contributed by atoms with van der Waals surface area (Å²) in [7, 11) is 0. The van der Waals surface area contributed by atoms with E-state index in [1.54, 1.807) is 12.1 Å². The summed E-state index contributed by atoms with van der Waals surface area (Å²) in [6.45, 7) is 3.47. The van der Waals surface area contributed by atoms with Crippen LogP contribution in [0, 0.1) is 11.8 Å². The van der Waals surface area contributed by atoms with Crippen molar-refractivity contribution in [1.82, 2.24) is 14.8 Å². The van der Waals surface area contributed by atoms with Gasteiger partial charge in [-0.2, -0.15) is 0 Å². The maximum Gasteiger partial charge on any atom is 0.250 e. The molecular formula is C24H29N3O3. The van der Waals surface area contributed by atoms with Gasteiger partial charge in [-0.3, -0.25) is 14.5 Å². The van der Waals surface area contributed by atoms with E-state index in [1.807, 2.05) is 22.8 Å². The number of nitrogens with one attached hydrogen (secondary N) is 1. The maximum atomic E-state index is 13.6. The summed E-state index contributed by atoms with van der Waals surface area (Å²) in [6.07, 6.45) is 2.66. The van der Waals surface area contributed by atoms with Crippen LogP contribution >= 0.6 is 0 Å². The molecule has 1 aromatic heterocycles. The highest BCUT2D eigenvalue weighted by molar-refractivity contribution is 5.81. The molecule has 5 rings (SSSR count). The van der Waals surface area contributed by atoms with Gasteiger partial charge in [-0.15, -0.1) is 0 Å². The fourth-order valence-electron chi connectivity index (χ4n) is 6.00. The van der Waals surface area contributed by atoms with Crippen LogP contribution in [0.3, 0.4) is 0 Å². The second kappa shape index (κ2) is 7.67. The number of pyridine rings is 1. The van der Waals surface area contributed by atoms with Crippen LogP contribution in [0.15, 0.2) is 47.3 Å². The Balaban J connectivity index is 1.46. The van der Waals surface area contributed by atoms with Gasteiger partial charge in [-0.1, -0.05) is 37.3 Å². The van der Waals surface area contributed by atoms with Gasteiger partial charge in [0, 0.05) is 42.9 Å². The molecular weight excluding hydrogens is 378 g/mol. The van der Waals surface area contributed by atoms with Crippen molar-refractivity contribution in [3.8, 4) is 0 Å². The lowest BCUT2D eigenvalue weighted by molar-refractivity contribution is -0.128. The number of carbonyl (C=O) groups is 1. The molecule has 30 heavy (non-hydrogen) atoms. The summed E-state index contributed by atoms with van der Waals surface area (Å²) in [5.41, 5.74) is 3.48. The maximum absolute atomic E-state index is 13.6. The predicted molar refractivity (Wildman–Crippen MR) is 114 cm³/mol. The summed E-state index contributed by atoms with van der Waals surface area (Å²) in [5.74, 6) is -0.527. The smallest absolute Gasteiger partial charge is 0.250 e. The molecule has 2 aliphatic heterocycles. The van der Waals surface area contributed by atoms with Gasteiger partial charge in [0.05, 0.1) is 12.0 Å². The van der Waals surface area contributed by atoms with Crippen molar-refractivity contribution < 1.29 is 9.90 Å². The molecule has 1 saturated heterocycles. The number of hydrogen-bond acceptors (Lipinski definition) is 4. The molecule has 1 amide bonds. The number of benzene rings is 1. The fourth-order valence-corrected chi connectivity index (χ4v) is 6.00. The minimum absolute atomic E-state index is 0.00377. The standard InChI is InChI=1S/C24H29N3O3/c1-2-10-26-20-13-27-19(8-5-9-21(27)29)23(26)22(18(20)14-28)24(30)25-17-11-15-6-3-4-7-16(15)12-17/h3-9,17-18,20,22-23,28H,2,10-14H2,1H3,(H,25,30)/t18-,20-,22+,23+/m1/s1. The molecule has 3 heterocycles. The molecule has 3 aliphatic rings. The highest BCUT2D eigenvalue weighted by Gasteiger charge is 2.55. The number of fused-ring (bicyclic) bond motifs is 5. The van der Waals surface area contributed by atoms with Crippen LogP contribution in [0.2, 0.25) is 0 Å². The fraction of sp³-hybridized carbons (Fsp3) is 0.500. The van der Waals surface area contributed by atoms with Crippen LogP contribution < -0.4 is 10.9 Å². The zero-order chi connectivity index (χ0) is 20.8.